The second kappa shape index (κ2) is 6.58. The molecule has 0 bridgehead atoms. The van der Waals surface area contributed by atoms with Gasteiger partial charge in [-0.15, -0.1) is 0 Å². The number of hydrogen-bond donors (Lipinski definition) is 0. The van der Waals surface area contributed by atoms with Gasteiger partial charge in [0.1, 0.15) is 0 Å². The highest BCUT2D eigenvalue weighted by Crippen LogP contribution is 2.15. The van der Waals surface area contributed by atoms with Gasteiger partial charge in [-0.2, -0.15) is 0 Å². The van der Waals surface area contributed by atoms with Crippen LogP contribution in [0.25, 0.3) is 0 Å². The molecule has 0 atom stereocenters. The van der Waals surface area contributed by atoms with Crippen LogP contribution in [0.1, 0.15) is 25.0 Å². The maximum atomic E-state index is 6.03. The Bertz CT molecular complexity index is 397. The monoisotopic (exact) mass is 235 g/mol. The summed E-state index contributed by atoms with van der Waals surface area (Å²) in [5.41, 5.74) is 2.08. The molecular weight excluding hydrogens is 218 g/mol. The molecule has 0 saturated heterocycles. The zero-order valence-electron chi connectivity index (χ0n) is 10.2. The number of nitrogens with zero attached hydrogens (tertiary/aromatic N) is 1. The summed E-state index contributed by atoms with van der Waals surface area (Å²) >= 11 is 6.03. The van der Waals surface area contributed by atoms with E-state index in [1.54, 1.807) is 0 Å². The van der Waals surface area contributed by atoms with E-state index >= 15 is 0 Å². The van der Waals surface area contributed by atoms with Crippen molar-refractivity contribution in [1.82, 2.24) is 4.90 Å². The van der Waals surface area contributed by atoms with E-state index in [-0.39, 0.29) is 0 Å². The summed E-state index contributed by atoms with van der Waals surface area (Å²) in [5.74, 6) is 6.30. The molecule has 0 spiro atoms. The molecule has 0 radical (unpaired) electrons. The van der Waals surface area contributed by atoms with Crippen molar-refractivity contribution in [3.05, 3.63) is 34.3 Å². The van der Waals surface area contributed by atoms with Crippen LogP contribution in [-0.4, -0.2) is 24.5 Å². The second-order valence-corrected chi connectivity index (χ2v) is 4.13. The number of benzene rings is 1. The average Bonchev–Trinajstić information content (AvgIpc) is 2.29. The Morgan fingerprint density at radius 2 is 1.94 bits per heavy atom. The molecule has 2 heteroatoms. The Hall–Kier alpha value is -0.970. The van der Waals surface area contributed by atoms with Crippen molar-refractivity contribution >= 4 is 11.6 Å². The Morgan fingerprint density at radius 1 is 1.25 bits per heavy atom. The van der Waals surface area contributed by atoms with Crippen molar-refractivity contribution in [3.8, 4) is 11.8 Å². The third-order valence-electron chi connectivity index (χ3n) is 2.60. The number of hydrogen-bond acceptors (Lipinski definition) is 1. The van der Waals surface area contributed by atoms with E-state index in [0.717, 1.165) is 35.8 Å². The van der Waals surface area contributed by atoms with Crippen molar-refractivity contribution in [3.63, 3.8) is 0 Å². The zero-order valence-corrected chi connectivity index (χ0v) is 10.9. The van der Waals surface area contributed by atoms with E-state index in [1.165, 1.54) is 0 Å². The predicted molar refractivity (Wildman–Crippen MR) is 70.9 cm³/mol. The molecular formula is C14H18ClN. The summed E-state index contributed by atoms with van der Waals surface area (Å²) in [5, 5.41) is 0.787. The van der Waals surface area contributed by atoms with Crippen LogP contribution in [0.2, 0.25) is 5.02 Å². The standard InChI is InChI=1S/C14H18ClN/c1-4-16(5-2)10-6-7-13-9-8-12(3)14(15)11-13/h8-9,11H,4-5,10H2,1-3H3. The molecule has 0 heterocycles. The van der Waals surface area contributed by atoms with E-state index in [2.05, 4.69) is 30.6 Å². The lowest BCUT2D eigenvalue weighted by Gasteiger charge is -2.13. The molecule has 1 nitrogen and oxygen atoms in total. The number of aryl methyl sites for hydroxylation is 1. The molecule has 1 aromatic rings. The predicted octanol–water partition coefficient (Wildman–Crippen LogP) is 3.34. The summed E-state index contributed by atoms with van der Waals surface area (Å²) in [6, 6.07) is 5.94. The lowest BCUT2D eigenvalue weighted by Crippen LogP contribution is -2.22. The summed E-state index contributed by atoms with van der Waals surface area (Å²) in [6.07, 6.45) is 0. The number of rotatable bonds is 3. The van der Waals surface area contributed by atoms with Crippen molar-refractivity contribution < 1.29 is 0 Å². The van der Waals surface area contributed by atoms with Crippen LogP contribution >= 0.6 is 11.6 Å². The van der Waals surface area contributed by atoms with Crippen molar-refractivity contribution in [2.24, 2.45) is 0 Å². The first-order valence-corrected chi connectivity index (χ1v) is 6.02. The fraction of sp³-hybridized carbons (Fsp3) is 0.429. The van der Waals surface area contributed by atoms with Crippen LogP contribution in [0, 0.1) is 18.8 Å². The van der Waals surface area contributed by atoms with Gasteiger partial charge in [0.15, 0.2) is 0 Å². The van der Waals surface area contributed by atoms with E-state index in [1.807, 2.05) is 25.1 Å². The number of halogens is 1. The van der Waals surface area contributed by atoms with Gasteiger partial charge in [0.2, 0.25) is 0 Å². The molecule has 0 aliphatic rings. The Balaban J connectivity index is 2.66. The van der Waals surface area contributed by atoms with Crippen LogP contribution in [0.4, 0.5) is 0 Å². The quantitative estimate of drug-likeness (QED) is 0.727. The highest BCUT2D eigenvalue weighted by Gasteiger charge is 1.96. The molecule has 0 amide bonds. The summed E-state index contributed by atoms with van der Waals surface area (Å²) < 4.78 is 0. The van der Waals surface area contributed by atoms with Gasteiger partial charge in [0.05, 0.1) is 6.54 Å². The maximum absolute atomic E-state index is 6.03. The first-order chi connectivity index (χ1) is 7.67. The van der Waals surface area contributed by atoms with Crippen molar-refractivity contribution in [2.75, 3.05) is 19.6 Å². The van der Waals surface area contributed by atoms with Gasteiger partial charge in [-0.05, 0) is 37.7 Å². The molecule has 1 aromatic carbocycles. The fourth-order valence-corrected chi connectivity index (χ4v) is 1.55. The minimum absolute atomic E-state index is 0.787. The third kappa shape index (κ3) is 3.89. The molecule has 0 N–H and O–H groups in total. The van der Waals surface area contributed by atoms with Crippen molar-refractivity contribution in [2.45, 2.75) is 20.8 Å². The second-order valence-electron chi connectivity index (χ2n) is 3.73. The molecule has 0 aromatic heterocycles. The maximum Gasteiger partial charge on any atom is 0.0605 e. The van der Waals surface area contributed by atoms with Crippen LogP contribution in [-0.2, 0) is 0 Å². The van der Waals surface area contributed by atoms with Crippen molar-refractivity contribution in [1.29, 1.82) is 0 Å². The molecule has 16 heavy (non-hydrogen) atoms. The van der Waals surface area contributed by atoms with E-state index in [9.17, 15) is 0 Å². The lowest BCUT2D eigenvalue weighted by molar-refractivity contribution is 0.342. The van der Waals surface area contributed by atoms with Gasteiger partial charge in [-0.3, -0.25) is 4.90 Å². The van der Waals surface area contributed by atoms with E-state index < -0.39 is 0 Å². The topological polar surface area (TPSA) is 3.24 Å². The molecule has 0 fully saturated rings. The normalized spacial score (nSPS) is 10.1. The largest absolute Gasteiger partial charge is 0.293 e. The third-order valence-corrected chi connectivity index (χ3v) is 3.01. The molecule has 86 valence electrons. The Kier molecular flexibility index (Phi) is 5.38. The SMILES string of the molecule is CCN(CC)CC#Cc1ccc(C)c(Cl)c1. The smallest absolute Gasteiger partial charge is 0.0605 e. The lowest BCUT2D eigenvalue weighted by atomic mass is 10.1. The van der Waals surface area contributed by atoms with E-state index in [0.29, 0.717) is 0 Å². The minimum atomic E-state index is 0.787. The summed E-state index contributed by atoms with van der Waals surface area (Å²) in [7, 11) is 0. The first kappa shape index (κ1) is 13.1. The molecule has 0 unspecified atom stereocenters. The van der Waals surface area contributed by atoms with E-state index in [4.69, 9.17) is 11.6 Å². The van der Waals surface area contributed by atoms with Crippen LogP contribution < -0.4 is 0 Å². The molecule has 0 saturated carbocycles. The summed E-state index contributed by atoms with van der Waals surface area (Å²) in [6.45, 7) is 9.19. The highest BCUT2D eigenvalue weighted by molar-refractivity contribution is 6.31. The Labute approximate surface area is 103 Å². The molecule has 1 rings (SSSR count). The average molecular weight is 236 g/mol. The van der Waals surface area contributed by atoms with Gasteiger partial charge in [0.25, 0.3) is 0 Å². The minimum Gasteiger partial charge on any atom is -0.293 e. The fourth-order valence-electron chi connectivity index (χ4n) is 1.37. The Morgan fingerprint density at radius 3 is 2.50 bits per heavy atom. The van der Waals surface area contributed by atoms with Crippen LogP contribution in [0.15, 0.2) is 18.2 Å². The van der Waals surface area contributed by atoms with Gasteiger partial charge < -0.3 is 0 Å². The van der Waals surface area contributed by atoms with Gasteiger partial charge >= 0.3 is 0 Å². The van der Waals surface area contributed by atoms with Gasteiger partial charge in [-0.25, -0.2) is 0 Å². The molecule has 0 aliphatic carbocycles. The molecule has 0 aliphatic heterocycles. The zero-order chi connectivity index (χ0) is 12.0. The van der Waals surface area contributed by atoms with Crippen LogP contribution in [0.3, 0.4) is 0 Å². The van der Waals surface area contributed by atoms with Gasteiger partial charge in [-0.1, -0.05) is 43.4 Å². The summed E-state index contributed by atoms with van der Waals surface area (Å²) in [4.78, 5) is 2.28. The first-order valence-electron chi connectivity index (χ1n) is 5.64. The van der Waals surface area contributed by atoms with Crippen LogP contribution in [0.5, 0.6) is 0 Å². The van der Waals surface area contributed by atoms with Gasteiger partial charge in [0, 0.05) is 10.6 Å². The highest BCUT2D eigenvalue weighted by atomic mass is 35.5.